The molecule has 0 unspecified atom stereocenters. The zero-order valence-electron chi connectivity index (χ0n) is 11.1. The fourth-order valence-corrected chi connectivity index (χ4v) is 2.91. The van der Waals surface area contributed by atoms with Crippen LogP contribution in [0.3, 0.4) is 0 Å². The summed E-state index contributed by atoms with van der Waals surface area (Å²) in [6, 6.07) is 10.7. The van der Waals surface area contributed by atoms with Gasteiger partial charge in [-0.2, -0.15) is 0 Å². The van der Waals surface area contributed by atoms with Gasteiger partial charge in [0.25, 0.3) is 0 Å². The maximum atomic E-state index is 3.51. The second kappa shape index (κ2) is 5.78. The molecule has 1 aromatic carbocycles. The highest BCUT2D eigenvalue weighted by Gasteiger charge is 2.07. The topological polar surface area (TPSA) is 17.0 Å². The monoisotopic (exact) mass is 354 g/mol. The molecule has 0 spiro atoms. The third kappa shape index (κ3) is 2.71. The van der Waals surface area contributed by atoms with E-state index in [2.05, 4.69) is 83.6 Å². The summed E-state index contributed by atoms with van der Waals surface area (Å²) in [5, 5.41) is 3.51. The van der Waals surface area contributed by atoms with Gasteiger partial charge in [-0.15, -0.1) is 0 Å². The van der Waals surface area contributed by atoms with E-state index in [9.17, 15) is 0 Å². The van der Waals surface area contributed by atoms with Gasteiger partial charge in [0.2, 0.25) is 0 Å². The third-order valence-electron chi connectivity index (χ3n) is 3.34. The van der Waals surface area contributed by atoms with Crippen molar-refractivity contribution >= 4 is 28.3 Å². The average molecular weight is 354 g/mol. The highest BCUT2D eigenvalue weighted by atomic mass is 127. The molecule has 0 radical (unpaired) electrons. The first-order chi connectivity index (χ1) is 8.63. The minimum Gasteiger partial charge on any atom is -0.380 e. The normalized spacial score (nSPS) is 10.7. The van der Waals surface area contributed by atoms with Crippen LogP contribution in [0, 0.1) is 17.4 Å². The molecule has 18 heavy (non-hydrogen) atoms. The Labute approximate surface area is 123 Å². The quantitative estimate of drug-likeness (QED) is 0.809. The molecule has 0 aliphatic carbocycles. The second-order valence-corrected chi connectivity index (χ2v) is 5.64. The molecule has 0 aliphatic rings. The summed E-state index contributed by atoms with van der Waals surface area (Å²) in [6.45, 7) is 8.49. The summed E-state index contributed by atoms with van der Waals surface area (Å²) >= 11 is 2.36. The average Bonchev–Trinajstić information content (AvgIpc) is 2.63. The van der Waals surface area contributed by atoms with Crippen LogP contribution in [0.2, 0.25) is 0 Å². The fourth-order valence-electron chi connectivity index (χ4n) is 2.33. The van der Waals surface area contributed by atoms with E-state index in [1.54, 1.807) is 0 Å². The molecule has 2 rings (SSSR count). The number of hydrogen-bond acceptors (Lipinski definition) is 1. The first kappa shape index (κ1) is 13.5. The fraction of sp³-hybridized carbons (Fsp3) is 0.333. The minimum absolute atomic E-state index is 0.889. The van der Waals surface area contributed by atoms with Gasteiger partial charge in [-0.05, 0) is 67.1 Å². The van der Waals surface area contributed by atoms with E-state index < -0.39 is 0 Å². The summed E-state index contributed by atoms with van der Waals surface area (Å²) < 4.78 is 3.62. The molecule has 2 nitrogen and oxygen atoms in total. The largest absolute Gasteiger partial charge is 0.380 e. The zero-order valence-corrected chi connectivity index (χ0v) is 13.3. The maximum Gasteiger partial charge on any atom is 0.0478 e. The molecule has 0 aliphatic heterocycles. The number of anilines is 1. The van der Waals surface area contributed by atoms with Gasteiger partial charge < -0.3 is 9.88 Å². The highest BCUT2D eigenvalue weighted by molar-refractivity contribution is 14.1. The lowest BCUT2D eigenvalue weighted by atomic mass is 10.2. The number of rotatable bonds is 4. The first-order valence-electron chi connectivity index (χ1n) is 6.27. The Kier molecular flexibility index (Phi) is 4.32. The van der Waals surface area contributed by atoms with Crippen LogP contribution in [0.25, 0.3) is 0 Å². The molecule has 1 N–H and O–H groups in total. The number of halogens is 1. The Hall–Kier alpha value is -0.970. The van der Waals surface area contributed by atoms with Gasteiger partial charge in [0.1, 0.15) is 0 Å². The number of aromatic nitrogens is 1. The van der Waals surface area contributed by atoms with E-state index >= 15 is 0 Å². The number of benzene rings is 1. The predicted molar refractivity (Wildman–Crippen MR) is 86.1 cm³/mol. The first-order valence-corrected chi connectivity index (χ1v) is 7.35. The summed E-state index contributed by atoms with van der Waals surface area (Å²) in [6.07, 6.45) is 0. The number of para-hydroxylation sites is 1. The SMILES string of the molecule is CCn1c(C)cc(CNc2ccccc2I)c1C. The van der Waals surface area contributed by atoms with Crippen molar-refractivity contribution in [2.24, 2.45) is 0 Å². The summed E-state index contributed by atoms with van der Waals surface area (Å²) in [5.41, 5.74) is 5.30. The lowest BCUT2D eigenvalue weighted by molar-refractivity contribution is 0.715. The number of aryl methyl sites for hydroxylation is 1. The molecule has 1 aromatic heterocycles. The van der Waals surface area contributed by atoms with Crippen LogP contribution in [-0.4, -0.2) is 4.57 Å². The molecule has 2 aromatic rings. The van der Waals surface area contributed by atoms with Crippen molar-refractivity contribution in [3.63, 3.8) is 0 Å². The number of nitrogens with one attached hydrogen (secondary N) is 1. The van der Waals surface area contributed by atoms with Gasteiger partial charge in [-0.1, -0.05) is 12.1 Å². The zero-order chi connectivity index (χ0) is 13.1. The smallest absolute Gasteiger partial charge is 0.0478 e. The maximum absolute atomic E-state index is 3.51. The molecule has 0 saturated heterocycles. The molecule has 3 heteroatoms. The van der Waals surface area contributed by atoms with E-state index in [0.717, 1.165) is 13.1 Å². The molecule has 0 amide bonds. The van der Waals surface area contributed by atoms with E-state index in [4.69, 9.17) is 0 Å². The molecule has 96 valence electrons. The molecule has 1 heterocycles. The van der Waals surface area contributed by atoms with Crippen LogP contribution < -0.4 is 5.32 Å². The number of nitrogens with zero attached hydrogens (tertiary/aromatic N) is 1. The molecule has 0 bridgehead atoms. The molecular weight excluding hydrogens is 335 g/mol. The van der Waals surface area contributed by atoms with Gasteiger partial charge in [-0.25, -0.2) is 0 Å². The van der Waals surface area contributed by atoms with Gasteiger partial charge in [0.05, 0.1) is 0 Å². The van der Waals surface area contributed by atoms with Crippen LogP contribution in [0.5, 0.6) is 0 Å². The van der Waals surface area contributed by atoms with Crippen molar-refractivity contribution in [3.05, 3.63) is 50.9 Å². The summed E-state index contributed by atoms with van der Waals surface area (Å²) in [7, 11) is 0. The van der Waals surface area contributed by atoms with Crippen LogP contribution >= 0.6 is 22.6 Å². The molecule has 0 saturated carbocycles. The highest BCUT2D eigenvalue weighted by Crippen LogP contribution is 2.20. The van der Waals surface area contributed by atoms with Crippen molar-refractivity contribution in [2.75, 3.05) is 5.32 Å². The van der Waals surface area contributed by atoms with Crippen molar-refractivity contribution in [3.8, 4) is 0 Å². The Morgan fingerprint density at radius 3 is 2.56 bits per heavy atom. The molecular formula is C15H19IN2. The Morgan fingerprint density at radius 2 is 1.94 bits per heavy atom. The van der Waals surface area contributed by atoms with E-state index in [-0.39, 0.29) is 0 Å². The second-order valence-electron chi connectivity index (χ2n) is 4.47. The third-order valence-corrected chi connectivity index (χ3v) is 4.28. The van der Waals surface area contributed by atoms with Crippen LogP contribution in [0.4, 0.5) is 5.69 Å². The summed E-state index contributed by atoms with van der Waals surface area (Å²) in [4.78, 5) is 0. The van der Waals surface area contributed by atoms with Crippen molar-refractivity contribution in [2.45, 2.75) is 33.9 Å². The van der Waals surface area contributed by atoms with Gasteiger partial charge in [0.15, 0.2) is 0 Å². The Morgan fingerprint density at radius 1 is 1.22 bits per heavy atom. The van der Waals surface area contributed by atoms with Gasteiger partial charge in [-0.3, -0.25) is 0 Å². The van der Waals surface area contributed by atoms with Gasteiger partial charge >= 0.3 is 0 Å². The van der Waals surface area contributed by atoms with E-state index in [0.29, 0.717) is 0 Å². The molecule has 0 atom stereocenters. The van der Waals surface area contributed by atoms with Crippen LogP contribution in [0.1, 0.15) is 23.9 Å². The minimum atomic E-state index is 0.889. The van der Waals surface area contributed by atoms with Crippen LogP contribution in [0.15, 0.2) is 30.3 Å². The molecule has 0 fully saturated rings. The lowest BCUT2D eigenvalue weighted by Crippen LogP contribution is -2.03. The van der Waals surface area contributed by atoms with E-state index in [1.807, 2.05) is 0 Å². The Balaban J connectivity index is 2.14. The van der Waals surface area contributed by atoms with Crippen molar-refractivity contribution in [1.29, 1.82) is 0 Å². The van der Waals surface area contributed by atoms with Crippen LogP contribution in [-0.2, 0) is 13.1 Å². The standard InChI is InChI=1S/C15H19IN2/c1-4-18-11(2)9-13(12(18)3)10-17-15-8-6-5-7-14(15)16/h5-9,17H,4,10H2,1-3H3. The summed E-state index contributed by atoms with van der Waals surface area (Å²) in [5.74, 6) is 0. The lowest BCUT2D eigenvalue weighted by Gasteiger charge is -2.09. The predicted octanol–water partition coefficient (Wildman–Crippen LogP) is 4.34. The van der Waals surface area contributed by atoms with Crippen molar-refractivity contribution < 1.29 is 0 Å². The number of hydrogen-bond donors (Lipinski definition) is 1. The van der Waals surface area contributed by atoms with Gasteiger partial charge in [0, 0.05) is 33.7 Å². The van der Waals surface area contributed by atoms with Crippen molar-refractivity contribution in [1.82, 2.24) is 4.57 Å². The Bertz CT molecular complexity index is 543. The van der Waals surface area contributed by atoms with E-state index in [1.165, 1.54) is 26.2 Å².